The summed E-state index contributed by atoms with van der Waals surface area (Å²) in [6.45, 7) is 2.75. The smallest absolute Gasteiger partial charge is 0.180 e. The van der Waals surface area contributed by atoms with Gasteiger partial charge >= 0.3 is 0 Å². The number of fused-ring (bicyclic) bond motifs is 1. The highest BCUT2D eigenvalue weighted by atomic mass is 16.3. The third-order valence-corrected chi connectivity index (χ3v) is 4.57. The van der Waals surface area contributed by atoms with Crippen LogP contribution >= 0.6 is 0 Å². The quantitative estimate of drug-likeness (QED) is 0.760. The maximum absolute atomic E-state index is 10.4. The number of aliphatic hydroxyl groups is 1. The van der Waals surface area contributed by atoms with Gasteiger partial charge in [-0.3, -0.25) is 4.68 Å². The lowest BCUT2D eigenvalue weighted by atomic mass is 10.1. The molecular formula is C17H20N6O. The number of nitrogens with one attached hydrogen (secondary N) is 1. The molecule has 3 atom stereocenters. The van der Waals surface area contributed by atoms with Crippen molar-refractivity contribution in [1.29, 1.82) is 0 Å². The second-order valence-electron chi connectivity index (χ2n) is 6.39. The molecule has 0 aromatic carbocycles. The molecule has 0 bridgehead atoms. The molecule has 2 N–H and O–H groups in total. The number of rotatable bonds is 4. The molecule has 7 heteroatoms. The topological polar surface area (TPSA) is 88.8 Å². The Morgan fingerprint density at radius 1 is 1.25 bits per heavy atom. The fourth-order valence-electron chi connectivity index (χ4n) is 3.39. The molecule has 3 heterocycles. The van der Waals surface area contributed by atoms with Crippen LogP contribution in [0, 0.1) is 12.8 Å². The third-order valence-electron chi connectivity index (χ3n) is 4.57. The molecular weight excluding hydrogens is 304 g/mol. The minimum absolute atomic E-state index is 0.0280. The lowest BCUT2D eigenvalue weighted by Gasteiger charge is -2.18. The van der Waals surface area contributed by atoms with E-state index in [0.717, 1.165) is 30.6 Å². The van der Waals surface area contributed by atoms with Gasteiger partial charge in [-0.05, 0) is 43.9 Å². The van der Waals surface area contributed by atoms with E-state index in [9.17, 15) is 5.11 Å². The number of nitrogens with zero attached hydrogens (tertiary/aromatic N) is 5. The molecule has 0 aliphatic heterocycles. The lowest BCUT2D eigenvalue weighted by molar-refractivity contribution is 0.166. The summed E-state index contributed by atoms with van der Waals surface area (Å²) in [4.78, 5) is 13.4. The summed E-state index contributed by atoms with van der Waals surface area (Å²) in [6.07, 6.45) is 6.69. The summed E-state index contributed by atoms with van der Waals surface area (Å²) in [6, 6.07) is 5.64. The number of pyridine rings is 1. The Balaban J connectivity index is 1.49. The second-order valence-corrected chi connectivity index (χ2v) is 6.39. The number of hydrogen-bond donors (Lipinski definition) is 2. The molecule has 1 fully saturated rings. The van der Waals surface area contributed by atoms with Crippen molar-refractivity contribution in [2.75, 3.05) is 5.32 Å². The first-order chi connectivity index (χ1) is 11.7. The Kier molecular flexibility index (Phi) is 3.86. The highest BCUT2D eigenvalue weighted by molar-refractivity contribution is 5.71. The largest absolute Gasteiger partial charge is 0.391 e. The Hall–Kier alpha value is -2.54. The van der Waals surface area contributed by atoms with E-state index in [2.05, 4.69) is 25.4 Å². The van der Waals surface area contributed by atoms with Crippen molar-refractivity contribution < 1.29 is 5.11 Å². The summed E-state index contributed by atoms with van der Waals surface area (Å²) in [5.74, 6) is 1.09. The maximum Gasteiger partial charge on any atom is 0.180 e. The van der Waals surface area contributed by atoms with E-state index in [0.29, 0.717) is 17.4 Å². The zero-order chi connectivity index (χ0) is 16.5. The Labute approximate surface area is 139 Å². The van der Waals surface area contributed by atoms with Gasteiger partial charge in [0.2, 0.25) is 0 Å². The molecule has 0 saturated heterocycles. The summed E-state index contributed by atoms with van der Waals surface area (Å²) in [5.41, 5.74) is 2.22. The van der Waals surface area contributed by atoms with E-state index in [1.807, 2.05) is 36.0 Å². The summed E-state index contributed by atoms with van der Waals surface area (Å²) in [7, 11) is 0. The predicted octanol–water partition coefficient (Wildman–Crippen LogP) is 1.78. The van der Waals surface area contributed by atoms with Gasteiger partial charge in [-0.15, -0.1) is 0 Å². The first kappa shape index (κ1) is 15.0. The van der Waals surface area contributed by atoms with Crippen LogP contribution in [0.25, 0.3) is 11.2 Å². The third kappa shape index (κ3) is 2.94. The van der Waals surface area contributed by atoms with Crippen molar-refractivity contribution in [3.05, 3.63) is 42.5 Å². The van der Waals surface area contributed by atoms with E-state index >= 15 is 0 Å². The van der Waals surface area contributed by atoms with Gasteiger partial charge in [0.05, 0.1) is 17.8 Å². The first-order valence-corrected chi connectivity index (χ1v) is 8.20. The van der Waals surface area contributed by atoms with Crippen molar-refractivity contribution in [3.8, 4) is 0 Å². The molecule has 0 spiro atoms. The maximum atomic E-state index is 10.4. The molecule has 0 amide bonds. The van der Waals surface area contributed by atoms with Crippen LogP contribution in [-0.4, -0.2) is 42.0 Å². The van der Waals surface area contributed by atoms with Crippen molar-refractivity contribution >= 4 is 17.0 Å². The van der Waals surface area contributed by atoms with E-state index in [1.165, 1.54) is 0 Å². The van der Waals surface area contributed by atoms with E-state index < -0.39 is 6.10 Å². The first-order valence-electron chi connectivity index (χ1n) is 8.20. The van der Waals surface area contributed by atoms with Gasteiger partial charge in [0, 0.05) is 25.1 Å². The van der Waals surface area contributed by atoms with Crippen LogP contribution in [0.1, 0.15) is 18.5 Å². The van der Waals surface area contributed by atoms with Crippen LogP contribution in [-0.2, 0) is 6.54 Å². The molecule has 3 aromatic rings. The highest BCUT2D eigenvalue weighted by Crippen LogP contribution is 2.30. The van der Waals surface area contributed by atoms with Crippen molar-refractivity contribution in [3.63, 3.8) is 0 Å². The van der Waals surface area contributed by atoms with Crippen LogP contribution in [0.15, 0.2) is 36.8 Å². The van der Waals surface area contributed by atoms with Gasteiger partial charge < -0.3 is 10.4 Å². The van der Waals surface area contributed by atoms with Gasteiger partial charge in [0.1, 0.15) is 11.3 Å². The fraction of sp³-hybridized carbons (Fsp3) is 0.412. The molecule has 1 saturated carbocycles. The predicted molar refractivity (Wildman–Crippen MR) is 90.4 cm³/mol. The molecule has 4 rings (SSSR count). The van der Waals surface area contributed by atoms with Crippen molar-refractivity contribution in [1.82, 2.24) is 24.7 Å². The average Bonchev–Trinajstić information content (AvgIpc) is 3.19. The zero-order valence-corrected chi connectivity index (χ0v) is 13.5. The average molecular weight is 324 g/mol. The zero-order valence-electron chi connectivity index (χ0n) is 13.5. The molecule has 3 aromatic heterocycles. The lowest BCUT2D eigenvalue weighted by Crippen LogP contribution is -2.29. The van der Waals surface area contributed by atoms with Crippen LogP contribution in [0.4, 0.5) is 5.82 Å². The van der Waals surface area contributed by atoms with Gasteiger partial charge in [-0.2, -0.15) is 5.10 Å². The monoisotopic (exact) mass is 324 g/mol. The minimum Gasteiger partial charge on any atom is -0.391 e. The second kappa shape index (κ2) is 6.16. The normalized spacial score (nSPS) is 23.7. The molecule has 0 radical (unpaired) electrons. The van der Waals surface area contributed by atoms with Crippen LogP contribution in [0.2, 0.25) is 0 Å². The molecule has 7 nitrogen and oxygen atoms in total. The summed E-state index contributed by atoms with van der Waals surface area (Å²) >= 11 is 0. The fourth-order valence-corrected chi connectivity index (χ4v) is 3.39. The number of aryl methyl sites for hydroxylation is 1. The number of hydrogen-bond acceptors (Lipinski definition) is 6. The van der Waals surface area contributed by atoms with Gasteiger partial charge in [-0.1, -0.05) is 0 Å². The summed E-state index contributed by atoms with van der Waals surface area (Å²) < 4.78 is 1.92. The van der Waals surface area contributed by atoms with Gasteiger partial charge in [0.15, 0.2) is 5.65 Å². The molecule has 124 valence electrons. The van der Waals surface area contributed by atoms with E-state index in [1.54, 1.807) is 12.4 Å². The van der Waals surface area contributed by atoms with Crippen LogP contribution < -0.4 is 5.32 Å². The minimum atomic E-state index is -0.397. The van der Waals surface area contributed by atoms with Crippen LogP contribution in [0.5, 0.6) is 0 Å². The van der Waals surface area contributed by atoms with Gasteiger partial charge in [-0.25, -0.2) is 15.0 Å². The molecule has 1 aliphatic carbocycles. The standard InChI is InChI=1S/C17H20N6O/c1-11-16(22-17-13(20-11)4-2-5-18-17)21-14-8-12(9-15(14)24)10-23-7-3-6-19-23/h2-7,12,14-15,24H,8-10H2,1H3,(H,18,21,22)/t12?,14-,15-/m1/s1. The summed E-state index contributed by atoms with van der Waals surface area (Å²) in [5, 5.41) is 18.0. The van der Waals surface area contributed by atoms with Crippen LogP contribution in [0.3, 0.4) is 0 Å². The number of aliphatic hydroxyl groups excluding tert-OH is 1. The molecule has 1 unspecified atom stereocenters. The Bertz CT molecular complexity index is 834. The number of anilines is 1. The Morgan fingerprint density at radius 2 is 2.17 bits per heavy atom. The van der Waals surface area contributed by atoms with E-state index in [-0.39, 0.29) is 6.04 Å². The SMILES string of the molecule is Cc1nc2cccnc2nc1N[C@@H]1CC(Cn2cccn2)C[C@H]1O. The Morgan fingerprint density at radius 3 is 3.00 bits per heavy atom. The van der Waals surface area contributed by atoms with Crippen molar-refractivity contribution in [2.45, 2.75) is 38.5 Å². The van der Waals surface area contributed by atoms with Gasteiger partial charge in [0.25, 0.3) is 0 Å². The molecule has 1 aliphatic rings. The number of aromatic nitrogens is 5. The van der Waals surface area contributed by atoms with E-state index in [4.69, 9.17) is 0 Å². The van der Waals surface area contributed by atoms with Crippen molar-refractivity contribution in [2.24, 2.45) is 5.92 Å². The highest BCUT2D eigenvalue weighted by Gasteiger charge is 2.33. The molecule has 24 heavy (non-hydrogen) atoms.